The van der Waals surface area contributed by atoms with Crippen LogP contribution in [0.5, 0.6) is 0 Å². The van der Waals surface area contributed by atoms with E-state index in [1.165, 1.54) is 23.5 Å². The molecule has 0 aliphatic carbocycles. The number of hydrogen-bond acceptors (Lipinski definition) is 3. The third-order valence-electron chi connectivity index (χ3n) is 3.72. The number of halogens is 1. The molecule has 2 aromatic carbocycles. The number of rotatable bonds is 3. The third kappa shape index (κ3) is 3.04. The van der Waals surface area contributed by atoms with Crippen molar-refractivity contribution < 1.29 is 14.4 Å². The molecule has 1 aromatic heterocycles. The molecular formula is C17H15FN2O2S. The number of benzene rings is 2. The monoisotopic (exact) mass is 330 g/mol. The van der Waals surface area contributed by atoms with Crippen LogP contribution in [0.1, 0.15) is 17.8 Å². The quantitative estimate of drug-likeness (QED) is 0.547. The lowest BCUT2D eigenvalue weighted by molar-refractivity contribution is -0.0700. The Balaban J connectivity index is 1.98. The average molecular weight is 330 g/mol. The molecule has 3 aromatic rings. The highest BCUT2D eigenvalue weighted by atomic mass is 32.1. The van der Waals surface area contributed by atoms with Crippen LogP contribution < -0.4 is 5.73 Å². The minimum atomic E-state index is -0.887. The summed E-state index contributed by atoms with van der Waals surface area (Å²) in [6, 6.07) is 12.8. The molecule has 6 heteroatoms. The van der Waals surface area contributed by atoms with Gasteiger partial charge in [-0.05, 0) is 47.7 Å². The molecule has 0 spiro atoms. The Kier molecular flexibility index (Phi) is 4.02. The Hall–Kier alpha value is -2.44. The minimum Gasteiger partial charge on any atom is -0.350 e. The number of carbonyl (C=O) groups excluding carboxylic acids is 1. The number of nitrogens with two attached hydrogens (primary N) is 1. The van der Waals surface area contributed by atoms with Crippen LogP contribution in [0.3, 0.4) is 0 Å². The van der Waals surface area contributed by atoms with Crippen LogP contribution in [0.2, 0.25) is 0 Å². The molecule has 1 heterocycles. The first-order valence-corrected chi connectivity index (χ1v) is 7.84. The van der Waals surface area contributed by atoms with Gasteiger partial charge in [-0.25, -0.2) is 9.18 Å². The predicted octanol–water partition coefficient (Wildman–Crippen LogP) is 4.54. The molecule has 0 bridgehead atoms. The number of hydrogen-bond donors (Lipinski definition) is 2. The van der Waals surface area contributed by atoms with Crippen molar-refractivity contribution in [1.82, 2.24) is 5.06 Å². The Labute approximate surface area is 136 Å². The Morgan fingerprint density at radius 3 is 2.48 bits per heavy atom. The summed E-state index contributed by atoms with van der Waals surface area (Å²) < 4.78 is 14.0. The molecule has 3 N–H and O–H groups in total. The highest BCUT2D eigenvalue weighted by Gasteiger charge is 2.19. The van der Waals surface area contributed by atoms with Gasteiger partial charge >= 0.3 is 6.03 Å². The molecule has 0 radical (unpaired) electrons. The van der Waals surface area contributed by atoms with Crippen molar-refractivity contribution in [3.8, 4) is 11.1 Å². The predicted molar refractivity (Wildman–Crippen MR) is 88.8 cm³/mol. The van der Waals surface area contributed by atoms with Crippen LogP contribution in [0, 0.1) is 5.82 Å². The maximum absolute atomic E-state index is 13.0. The molecule has 0 aliphatic rings. The zero-order chi connectivity index (χ0) is 16.6. The van der Waals surface area contributed by atoms with Crippen LogP contribution >= 0.6 is 11.3 Å². The maximum Gasteiger partial charge on any atom is 0.339 e. The Bertz CT molecular complexity index is 861. The fourth-order valence-electron chi connectivity index (χ4n) is 2.39. The number of primary amides is 1. The fraction of sp³-hybridized carbons (Fsp3) is 0.118. The topological polar surface area (TPSA) is 66.6 Å². The van der Waals surface area contributed by atoms with Gasteiger partial charge in [0.25, 0.3) is 0 Å². The molecule has 0 saturated carbocycles. The molecule has 23 heavy (non-hydrogen) atoms. The van der Waals surface area contributed by atoms with E-state index in [1.54, 1.807) is 19.1 Å². The molecule has 1 atom stereocenters. The van der Waals surface area contributed by atoms with Crippen molar-refractivity contribution in [3.05, 3.63) is 59.2 Å². The summed E-state index contributed by atoms with van der Waals surface area (Å²) in [5.74, 6) is -0.267. The van der Waals surface area contributed by atoms with Gasteiger partial charge in [0.1, 0.15) is 5.82 Å². The fourth-order valence-corrected chi connectivity index (χ4v) is 3.53. The summed E-state index contributed by atoms with van der Waals surface area (Å²) >= 11 is 1.48. The van der Waals surface area contributed by atoms with Gasteiger partial charge in [0.05, 0.1) is 6.04 Å². The lowest BCUT2D eigenvalue weighted by Gasteiger charge is -2.18. The molecule has 2 amide bonds. The van der Waals surface area contributed by atoms with Gasteiger partial charge in [0.2, 0.25) is 0 Å². The van der Waals surface area contributed by atoms with E-state index < -0.39 is 12.1 Å². The van der Waals surface area contributed by atoms with Gasteiger partial charge in [-0.3, -0.25) is 5.21 Å². The number of amides is 2. The van der Waals surface area contributed by atoms with Gasteiger partial charge in [-0.15, -0.1) is 11.3 Å². The summed E-state index contributed by atoms with van der Waals surface area (Å²) in [7, 11) is 0. The Morgan fingerprint density at radius 2 is 1.83 bits per heavy atom. The Morgan fingerprint density at radius 1 is 1.17 bits per heavy atom. The normalized spacial score (nSPS) is 12.3. The molecule has 0 saturated heterocycles. The molecular weight excluding hydrogens is 315 g/mol. The van der Waals surface area contributed by atoms with E-state index in [2.05, 4.69) is 0 Å². The first-order valence-electron chi connectivity index (χ1n) is 7.02. The number of hydroxylamine groups is 2. The lowest BCUT2D eigenvalue weighted by Crippen LogP contribution is -2.34. The SMILES string of the molecule is CC(c1cc2ccc(-c3ccc(F)cc3)cc2s1)N(O)C(N)=O. The summed E-state index contributed by atoms with van der Waals surface area (Å²) in [6.07, 6.45) is 0. The van der Waals surface area contributed by atoms with Gasteiger partial charge in [-0.1, -0.05) is 24.3 Å². The van der Waals surface area contributed by atoms with Crippen molar-refractivity contribution in [2.75, 3.05) is 0 Å². The van der Waals surface area contributed by atoms with E-state index in [9.17, 15) is 14.4 Å². The highest BCUT2D eigenvalue weighted by Crippen LogP contribution is 2.34. The van der Waals surface area contributed by atoms with Gasteiger partial charge in [0.15, 0.2) is 0 Å². The van der Waals surface area contributed by atoms with E-state index in [1.807, 2.05) is 24.3 Å². The smallest absolute Gasteiger partial charge is 0.339 e. The zero-order valence-corrected chi connectivity index (χ0v) is 13.2. The van der Waals surface area contributed by atoms with Crippen LogP contribution in [0.4, 0.5) is 9.18 Å². The van der Waals surface area contributed by atoms with Gasteiger partial charge < -0.3 is 5.73 Å². The second-order valence-corrected chi connectivity index (χ2v) is 6.38. The highest BCUT2D eigenvalue weighted by molar-refractivity contribution is 7.19. The summed E-state index contributed by atoms with van der Waals surface area (Å²) in [5, 5.41) is 11.2. The largest absolute Gasteiger partial charge is 0.350 e. The van der Waals surface area contributed by atoms with Crippen molar-refractivity contribution in [2.24, 2.45) is 5.73 Å². The van der Waals surface area contributed by atoms with Gasteiger partial charge in [-0.2, -0.15) is 5.06 Å². The molecule has 4 nitrogen and oxygen atoms in total. The number of fused-ring (bicyclic) bond motifs is 1. The van der Waals surface area contributed by atoms with E-state index in [0.717, 1.165) is 26.1 Å². The molecule has 3 rings (SSSR count). The molecule has 1 unspecified atom stereocenters. The first-order chi connectivity index (χ1) is 11.0. The third-order valence-corrected chi connectivity index (χ3v) is 4.99. The van der Waals surface area contributed by atoms with Crippen LogP contribution in [-0.4, -0.2) is 16.3 Å². The van der Waals surface area contributed by atoms with Crippen LogP contribution in [0.15, 0.2) is 48.5 Å². The van der Waals surface area contributed by atoms with E-state index >= 15 is 0 Å². The number of urea groups is 1. The van der Waals surface area contributed by atoms with Crippen LogP contribution in [-0.2, 0) is 0 Å². The maximum atomic E-state index is 13.0. The number of nitrogens with zero attached hydrogens (tertiary/aromatic N) is 1. The molecule has 118 valence electrons. The molecule has 0 fully saturated rings. The van der Waals surface area contributed by atoms with Crippen molar-refractivity contribution >= 4 is 27.5 Å². The average Bonchev–Trinajstić information content (AvgIpc) is 2.97. The first kappa shape index (κ1) is 15.5. The van der Waals surface area contributed by atoms with E-state index in [0.29, 0.717) is 5.06 Å². The van der Waals surface area contributed by atoms with Crippen molar-refractivity contribution in [3.63, 3.8) is 0 Å². The lowest BCUT2D eigenvalue weighted by atomic mass is 10.0. The zero-order valence-electron chi connectivity index (χ0n) is 12.4. The van der Waals surface area contributed by atoms with E-state index in [4.69, 9.17) is 5.73 Å². The second kappa shape index (κ2) is 5.98. The summed E-state index contributed by atoms with van der Waals surface area (Å²) in [5.41, 5.74) is 7.00. The second-order valence-electron chi connectivity index (χ2n) is 5.27. The van der Waals surface area contributed by atoms with Crippen molar-refractivity contribution in [1.29, 1.82) is 0 Å². The standard InChI is InChI=1S/C17H15FN2O2S/c1-10(20(22)17(19)21)15-9-13-3-2-12(8-16(13)23-15)11-4-6-14(18)7-5-11/h2-10,22H,1H3,(H2,19,21). The molecule has 0 aliphatic heterocycles. The summed E-state index contributed by atoms with van der Waals surface area (Å²) in [4.78, 5) is 11.9. The summed E-state index contributed by atoms with van der Waals surface area (Å²) in [6.45, 7) is 1.70. The van der Waals surface area contributed by atoms with Crippen molar-refractivity contribution in [2.45, 2.75) is 13.0 Å². The van der Waals surface area contributed by atoms with Gasteiger partial charge in [0, 0.05) is 9.58 Å². The number of thiophene rings is 1. The van der Waals surface area contributed by atoms with Crippen LogP contribution in [0.25, 0.3) is 21.2 Å². The number of carbonyl (C=O) groups is 1. The van der Waals surface area contributed by atoms with E-state index in [-0.39, 0.29) is 5.82 Å². The minimum absolute atomic E-state index is 0.267.